The number of aryl methyl sites for hydroxylation is 1. The minimum absolute atomic E-state index is 0.171. The summed E-state index contributed by atoms with van der Waals surface area (Å²) in [4.78, 5) is 12.1. The number of hydrogen-bond acceptors (Lipinski definition) is 4. The summed E-state index contributed by atoms with van der Waals surface area (Å²) in [6.07, 6.45) is -3.32. The topological polar surface area (TPSA) is 61.7 Å². The summed E-state index contributed by atoms with van der Waals surface area (Å²) >= 11 is 0.954. The zero-order chi connectivity index (χ0) is 13.1. The van der Waals surface area contributed by atoms with Gasteiger partial charge in [-0.2, -0.15) is 13.2 Å². The summed E-state index contributed by atoms with van der Waals surface area (Å²) in [5, 5.41) is 12.8. The van der Waals surface area contributed by atoms with E-state index in [1.807, 2.05) is 0 Å². The second-order valence-electron chi connectivity index (χ2n) is 3.20. The maximum absolute atomic E-state index is 11.9. The van der Waals surface area contributed by atoms with E-state index in [1.165, 1.54) is 0 Å². The molecule has 1 heterocycles. The van der Waals surface area contributed by atoms with Crippen molar-refractivity contribution < 1.29 is 23.2 Å². The monoisotopic (exact) mass is 266 g/mol. The quantitative estimate of drug-likeness (QED) is 0.500. The lowest BCUT2D eigenvalue weighted by Crippen LogP contribution is -2.33. The van der Waals surface area contributed by atoms with Gasteiger partial charge in [-0.3, -0.25) is 4.79 Å². The molecule has 0 radical (unpaired) electrons. The van der Waals surface area contributed by atoms with Crippen molar-refractivity contribution >= 4 is 23.5 Å². The van der Waals surface area contributed by atoms with Crippen LogP contribution in [0.5, 0.6) is 0 Å². The number of carbonyl (C=O) groups is 1. The van der Waals surface area contributed by atoms with Crippen LogP contribution in [-0.4, -0.2) is 30.1 Å². The fourth-order valence-electron chi connectivity index (χ4n) is 1.11. The van der Waals surface area contributed by atoms with Gasteiger partial charge in [0.05, 0.1) is 11.1 Å². The van der Waals surface area contributed by atoms with E-state index in [0.717, 1.165) is 17.6 Å². The molecular weight excluding hydrogens is 257 g/mol. The molecule has 0 spiro atoms. The van der Waals surface area contributed by atoms with Crippen molar-refractivity contribution in [2.24, 2.45) is 5.16 Å². The summed E-state index contributed by atoms with van der Waals surface area (Å²) in [6, 6.07) is 1.55. The number of oxime groups is 1. The molecule has 0 atom stereocenters. The molecule has 0 unspecified atom stereocenters. The number of thiophene rings is 1. The van der Waals surface area contributed by atoms with Gasteiger partial charge in [0.1, 0.15) is 6.54 Å². The molecule has 2 N–H and O–H groups in total. The maximum Gasteiger partial charge on any atom is 0.405 e. The first-order valence-electron chi connectivity index (χ1n) is 4.46. The summed E-state index contributed by atoms with van der Waals surface area (Å²) in [5.41, 5.74) is 0.532. The highest BCUT2D eigenvalue weighted by Crippen LogP contribution is 2.21. The molecule has 0 saturated carbocycles. The molecule has 0 bridgehead atoms. The van der Waals surface area contributed by atoms with Gasteiger partial charge >= 0.3 is 6.18 Å². The predicted molar refractivity (Wildman–Crippen MR) is 56.8 cm³/mol. The van der Waals surface area contributed by atoms with Crippen molar-refractivity contribution in [2.75, 3.05) is 6.54 Å². The number of halogens is 3. The van der Waals surface area contributed by atoms with E-state index in [2.05, 4.69) is 5.16 Å². The molecule has 1 rings (SSSR count). The molecule has 0 aromatic carbocycles. The molecule has 1 aromatic rings. The number of carbonyl (C=O) groups excluding carboxylic acids is 1. The Hall–Kier alpha value is -1.57. The highest BCUT2D eigenvalue weighted by atomic mass is 32.1. The highest BCUT2D eigenvalue weighted by molar-refractivity contribution is 7.15. The Morgan fingerprint density at radius 1 is 1.65 bits per heavy atom. The van der Waals surface area contributed by atoms with Gasteiger partial charge in [0.15, 0.2) is 0 Å². The molecule has 94 valence electrons. The van der Waals surface area contributed by atoms with Crippen LogP contribution in [0.2, 0.25) is 0 Å². The van der Waals surface area contributed by atoms with Crippen molar-refractivity contribution in [2.45, 2.75) is 13.1 Å². The highest BCUT2D eigenvalue weighted by Gasteiger charge is 2.28. The minimum Gasteiger partial charge on any atom is -0.411 e. The fraction of sp³-hybridized carbons (Fsp3) is 0.333. The van der Waals surface area contributed by atoms with Gasteiger partial charge < -0.3 is 10.5 Å². The van der Waals surface area contributed by atoms with Crippen LogP contribution in [0.3, 0.4) is 0 Å². The second-order valence-corrected chi connectivity index (χ2v) is 4.29. The van der Waals surface area contributed by atoms with E-state index in [1.54, 1.807) is 18.3 Å². The lowest BCUT2D eigenvalue weighted by molar-refractivity contribution is -0.123. The van der Waals surface area contributed by atoms with Crippen molar-refractivity contribution in [3.05, 3.63) is 21.4 Å². The number of nitrogens with one attached hydrogen (secondary N) is 1. The van der Waals surface area contributed by atoms with E-state index < -0.39 is 18.6 Å². The van der Waals surface area contributed by atoms with Crippen LogP contribution in [0.25, 0.3) is 0 Å². The van der Waals surface area contributed by atoms with Crippen LogP contribution >= 0.6 is 11.3 Å². The van der Waals surface area contributed by atoms with E-state index >= 15 is 0 Å². The van der Waals surface area contributed by atoms with E-state index in [9.17, 15) is 18.0 Å². The van der Waals surface area contributed by atoms with Crippen LogP contribution in [-0.2, 0) is 0 Å². The molecule has 0 fully saturated rings. The van der Waals surface area contributed by atoms with E-state index in [-0.39, 0.29) is 4.88 Å². The zero-order valence-electron chi connectivity index (χ0n) is 8.71. The normalized spacial score (nSPS) is 12.0. The van der Waals surface area contributed by atoms with Gasteiger partial charge in [0.2, 0.25) is 0 Å². The van der Waals surface area contributed by atoms with Gasteiger partial charge in [-0.05, 0) is 18.6 Å². The van der Waals surface area contributed by atoms with Gasteiger partial charge in [-0.25, -0.2) is 0 Å². The average Bonchev–Trinajstić information content (AvgIpc) is 2.55. The summed E-state index contributed by atoms with van der Waals surface area (Å²) in [6.45, 7) is 0.223. The first kappa shape index (κ1) is 13.5. The van der Waals surface area contributed by atoms with Crippen molar-refractivity contribution in [3.8, 4) is 0 Å². The number of rotatable bonds is 3. The van der Waals surface area contributed by atoms with Gasteiger partial charge in [0, 0.05) is 4.88 Å². The van der Waals surface area contributed by atoms with Crippen molar-refractivity contribution in [3.63, 3.8) is 0 Å². The molecule has 1 aromatic heterocycles. The van der Waals surface area contributed by atoms with Crippen LogP contribution < -0.4 is 5.32 Å². The molecule has 1 amide bonds. The third-order valence-electron chi connectivity index (χ3n) is 1.78. The number of alkyl halides is 3. The van der Waals surface area contributed by atoms with Crippen LogP contribution in [0.4, 0.5) is 13.2 Å². The smallest absolute Gasteiger partial charge is 0.405 e. The van der Waals surface area contributed by atoms with Crippen LogP contribution in [0.1, 0.15) is 20.1 Å². The Morgan fingerprint density at radius 2 is 2.29 bits per heavy atom. The lowest BCUT2D eigenvalue weighted by Gasteiger charge is -2.07. The Labute approximate surface area is 98.7 Å². The largest absolute Gasteiger partial charge is 0.411 e. The molecule has 0 saturated heterocycles. The van der Waals surface area contributed by atoms with Crippen LogP contribution in [0, 0.1) is 6.92 Å². The summed E-state index contributed by atoms with van der Waals surface area (Å²) in [7, 11) is 0. The molecule has 0 aliphatic carbocycles. The van der Waals surface area contributed by atoms with Crippen LogP contribution in [0.15, 0.2) is 11.2 Å². The first-order chi connectivity index (χ1) is 7.83. The Kier molecular flexibility index (Phi) is 4.11. The summed E-state index contributed by atoms with van der Waals surface area (Å²) < 4.78 is 35.7. The number of nitrogens with zero attached hydrogens (tertiary/aromatic N) is 1. The Balaban J connectivity index is 2.75. The molecule has 0 aliphatic rings. The number of hydrogen-bond donors (Lipinski definition) is 2. The van der Waals surface area contributed by atoms with E-state index in [0.29, 0.717) is 10.4 Å². The predicted octanol–water partition coefficient (Wildman–Crippen LogP) is 2.16. The standard InChI is InChI=1S/C9H9F3N2O2S/c1-5-2-6(3-14-16)17-7(5)8(15)13-4-9(10,11)12/h2-3,16H,4H2,1H3,(H,13,15). The molecule has 8 heteroatoms. The third kappa shape index (κ3) is 4.06. The van der Waals surface area contributed by atoms with Gasteiger partial charge in [-0.1, -0.05) is 5.16 Å². The van der Waals surface area contributed by atoms with E-state index in [4.69, 9.17) is 5.21 Å². The molecule has 4 nitrogen and oxygen atoms in total. The summed E-state index contributed by atoms with van der Waals surface area (Å²) in [5.74, 6) is -0.789. The Bertz CT molecular complexity index is 440. The van der Waals surface area contributed by atoms with Gasteiger partial charge in [-0.15, -0.1) is 11.3 Å². The minimum atomic E-state index is -4.43. The third-order valence-corrected chi connectivity index (χ3v) is 2.95. The SMILES string of the molecule is Cc1cc(C=NO)sc1C(=O)NCC(F)(F)F. The fourth-order valence-corrected chi connectivity index (χ4v) is 2.07. The molecule has 0 aliphatic heterocycles. The van der Waals surface area contributed by atoms with Crippen molar-refractivity contribution in [1.82, 2.24) is 5.32 Å². The molecular formula is C9H9F3N2O2S. The maximum atomic E-state index is 11.9. The zero-order valence-corrected chi connectivity index (χ0v) is 9.52. The number of amides is 1. The first-order valence-corrected chi connectivity index (χ1v) is 5.28. The van der Waals surface area contributed by atoms with Crippen molar-refractivity contribution in [1.29, 1.82) is 0 Å². The average molecular weight is 266 g/mol. The molecule has 17 heavy (non-hydrogen) atoms. The van der Waals surface area contributed by atoms with Gasteiger partial charge in [0.25, 0.3) is 5.91 Å². The Morgan fingerprint density at radius 3 is 2.82 bits per heavy atom. The second kappa shape index (κ2) is 5.17. The lowest BCUT2D eigenvalue weighted by atomic mass is 10.2.